The van der Waals surface area contributed by atoms with Gasteiger partial charge in [0.1, 0.15) is 6.33 Å². The average Bonchev–Trinajstić information content (AvgIpc) is 2.47. The predicted molar refractivity (Wildman–Crippen MR) is 49.7 cm³/mol. The van der Waals surface area contributed by atoms with E-state index in [9.17, 15) is 0 Å². The van der Waals surface area contributed by atoms with Crippen molar-refractivity contribution in [1.29, 1.82) is 0 Å². The second-order valence-corrected chi connectivity index (χ2v) is 3.63. The lowest BCUT2D eigenvalue weighted by molar-refractivity contribution is 0.752. The van der Waals surface area contributed by atoms with Crippen molar-refractivity contribution in [1.82, 2.24) is 14.6 Å². The number of hydrogen-bond donors (Lipinski definition) is 0. The molecule has 13 heavy (non-hydrogen) atoms. The van der Waals surface area contributed by atoms with E-state index >= 15 is 0 Å². The maximum atomic E-state index is 4.32. The van der Waals surface area contributed by atoms with Crippen LogP contribution in [-0.4, -0.2) is 14.6 Å². The van der Waals surface area contributed by atoms with Crippen molar-refractivity contribution in [2.45, 2.75) is 26.2 Å². The van der Waals surface area contributed by atoms with Crippen LogP contribution < -0.4 is 0 Å². The molecular weight excluding hydrogens is 162 g/mol. The number of rotatable bonds is 0. The van der Waals surface area contributed by atoms with Crippen molar-refractivity contribution < 1.29 is 0 Å². The molecule has 0 atom stereocenters. The van der Waals surface area contributed by atoms with Crippen LogP contribution in [0, 0.1) is 6.92 Å². The number of aryl methyl sites for hydroxylation is 3. The summed E-state index contributed by atoms with van der Waals surface area (Å²) in [5, 5.41) is 4.25. The summed E-state index contributed by atoms with van der Waals surface area (Å²) in [4.78, 5) is 4.32. The highest BCUT2D eigenvalue weighted by Gasteiger charge is 2.16. The average molecular weight is 173 g/mol. The maximum Gasteiger partial charge on any atom is 0.136 e. The Morgan fingerprint density at radius 2 is 2.31 bits per heavy atom. The van der Waals surface area contributed by atoms with E-state index in [1.807, 2.05) is 4.52 Å². The monoisotopic (exact) mass is 173 g/mol. The van der Waals surface area contributed by atoms with Gasteiger partial charge in [0.25, 0.3) is 0 Å². The molecule has 3 nitrogen and oxygen atoms in total. The molecule has 1 aliphatic carbocycles. The molecular formula is C10H11N3. The molecule has 0 N–H and O–H groups in total. The van der Waals surface area contributed by atoms with Crippen molar-refractivity contribution in [3.05, 3.63) is 29.3 Å². The van der Waals surface area contributed by atoms with Crippen LogP contribution >= 0.6 is 0 Å². The molecule has 2 aromatic rings. The Morgan fingerprint density at radius 3 is 3.23 bits per heavy atom. The van der Waals surface area contributed by atoms with Gasteiger partial charge in [-0.25, -0.2) is 9.50 Å². The quantitative estimate of drug-likeness (QED) is 0.604. The molecule has 0 unspecified atom stereocenters. The number of hydrogen-bond acceptors (Lipinski definition) is 2. The highest BCUT2D eigenvalue weighted by molar-refractivity contribution is 5.61. The minimum Gasteiger partial charge on any atom is -0.237 e. The molecule has 3 rings (SSSR count). The first-order valence-electron chi connectivity index (χ1n) is 4.67. The first kappa shape index (κ1) is 7.06. The van der Waals surface area contributed by atoms with Crippen LogP contribution in [0.2, 0.25) is 0 Å². The molecule has 3 heteroatoms. The van der Waals surface area contributed by atoms with Crippen molar-refractivity contribution in [2.24, 2.45) is 0 Å². The van der Waals surface area contributed by atoms with Crippen LogP contribution in [-0.2, 0) is 12.8 Å². The summed E-state index contributed by atoms with van der Waals surface area (Å²) >= 11 is 0. The fourth-order valence-corrected chi connectivity index (χ4v) is 2.18. The second-order valence-electron chi connectivity index (χ2n) is 3.63. The van der Waals surface area contributed by atoms with Gasteiger partial charge in [-0.2, -0.15) is 5.10 Å². The molecule has 0 fully saturated rings. The summed E-state index contributed by atoms with van der Waals surface area (Å²) in [7, 11) is 0. The molecule has 0 aromatic carbocycles. The van der Waals surface area contributed by atoms with E-state index in [2.05, 4.69) is 23.1 Å². The summed E-state index contributed by atoms with van der Waals surface area (Å²) in [5.74, 6) is 0. The largest absolute Gasteiger partial charge is 0.237 e. The van der Waals surface area contributed by atoms with Crippen molar-refractivity contribution in [2.75, 3.05) is 0 Å². The molecule has 66 valence electrons. The zero-order chi connectivity index (χ0) is 8.84. The normalized spacial score (nSPS) is 15.2. The molecule has 0 bridgehead atoms. The third-order valence-corrected chi connectivity index (χ3v) is 2.75. The third kappa shape index (κ3) is 0.842. The first-order valence-corrected chi connectivity index (χ1v) is 4.67. The zero-order valence-electron chi connectivity index (χ0n) is 7.62. The van der Waals surface area contributed by atoms with Crippen molar-refractivity contribution in [3.63, 3.8) is 0 Å². The first-order chi connectivity index (χ1) is 6.36. The summed E-state index contributed by atoms with van der Waals surface area (Å²) in [5.41, 5.74) is 5.10. The van der Waals surface area contributed by atoms with Gasteiger partial charge in [-0.05, 0) is 37.8 Å². The lowest BCUT2D eigenvalue weighted by Crippen LogP contribution is -2.05. The van der Waals surface area contributed by atoms with Gasteiger partial charge in [0.15, 0.2) is 0 Å². The molecule has 0 radical (unpaired) electrons. The topological polar surface area (TPSA) is 30.2 Å². The van der Waals surface area contributed by atoms with E-state index in [1.165, 1.54) is 35.3 Å². The highest BCUT2D eigenvalue weighted by Crippen LogP contribution is 2.25. The maximum absolute atomic E-state index is 4.32. The molecule has 0 spiro atoms. The predicted octanol–water partition coefficient (Wildman–Crippen LogP) is 1.53. The molecule has 2 heterocycles. The summed E-state index contributed by atoms with van der Waals surface area (Å²) in [6, 6.07) is 2.23. The smallest absolute Gasteiger partial charge is 0.136 e. The van der Waals surface area contributed by atoms with Crippen LogP contribution in [0.15, 0.2) is 12.4 Å². The summed E-state index contributed by atoms with van der Waals surface area (Å²) in [6.45, 7) is 2.10. The van der Waals surface area contributed by atoms with Gasteiger partial charge in [0.2, 0.25) is 0 Å². The Bertz CT molecular complexity index is 470. The van der Waals surface area contributed by atoms with Gasteiger partial charge in [0, 0.05) is 5.69 Å². The van der Waals surface area contributed by atoms with Crippen molar-refractivity contribution in [3.8, 4) is 0 Å². The molecule has 0 saturated carbocycles. The Balaban J connectivity index is 2.51. The van der Waals surface area contributed by atoms with E-state index in [0.29, 0.717) is 0 Å². The van der Waals surface area contributed by atoms with Gasteiger partial charge in [-0.15, -0.1) is 0 Å². The van der Waals surface area contributed by atoms with E-state index < -0.39 is 0 Å². The molecule has 2 aromatic heterocycles. The minimum atomic E-state index is 1.10. The lowest BCUT2D eigenvalue weighted by Gasteiger charge is -2.10. The zero-order valence-corrected chi connectivity index (χ0v) is 7.62. The van der Waals surface area contributed by atoms with Crippen LogP contribution in [0.25, 0.3) is 5.52 Å². The molecule has 0 amide bonds. The Hall–Kier alpha value is -1.38. The molecule has 0 aliphatic heterocycles. The van der Waals surface area contributed by atoms with Gasteiger partial charge < -0.3 is 0 Å². The third-order valence-electron chi connectivity index (χ3n) is 2.75. The van der Waals surface area contributed by atoms with E-state index in [4.69, 9.17) is 0 Å². The Kier molecular flexibility index (Phi) is 1.26. The van der Waals surface area contributed by atoms with Crippen LogP contribution in [0.1, 0.15) is 23.4 Å². The second kappa shape index (κ2) is 2.31. The van der Waals surface area contributed by atoms with Crippen LogP contribution in [0.5, 0.6) is 0 Å². The van der Waals surface area contributed by atoms with Gasteiger partial charge in [-0.3, -0.25) is 0 Å². The van der Waals surface area contributed by atoms with E-state index in [0.717, 1.165) is 6.42 Å². The van der Waals surface area contributed by atoms with E-state index in [1.54, 1.807) is 6.33 Å². The van der Waals surface area contributed by atoms with Crippen LogP contribution in [0.4, 0.5) is 0 Å². The van der Waals surface area contributed by atoms with Gasteiger partial charge in [-0.1, -0.05) is 0 Å². The highest BCUT2D eigenvalue weighted by atomic mass is 15.2. The number of nitrogens with zero attached hydrogens (tertiary/aromatic N) is 3. The lowest BCUT2D eigenvalue weighted by atomic mass is 10.0. The molecule has 0 saturated heterocycles. The summed E-state index contributed by atoms with van der Waals surface area (Å²) in [6.07, 6.45) is 5.16. The van der Waals surface area contributed by atoms with Crippen molar-refractivity contribution >= 4 is 5.52 Å². The van der Waals surface area contributed by atoms with Crippen LogP contribution in [0.3, 0.4) is 0 Å². The summed E-state index contributed by atoms with van der Waals surface area (Å²) < 4.78 is 2.01. The van der Waals surface area contributed by atoms with Gasteiger partial charge >= 0.3 is 0 Å². The SMILES string of the molecule is Cc1cc2c3c(ncnn13)CCC2. The van der Waals surface area contributed by atoms with Gasteiger partial charge in [0.05, 0.1) is 11.2 Å². The number of aromatic nitrogens is 3. The Morgan fingerprint density at radius 1 is 1.38 bits per heavy atom. The molecule has 1 aliphatic rings. The fraction of sp³-hybridized carbons (Fsp3) is 0.400. The fourth-order valence-electron chi connectivity index (χ4n) is 2.18. The van der Waals surface area contributed by atoms with E-state index in [-0.39, 0.29) is 0 Å². The standard InChI is InChI=1S/C10H11N3/c1-7-5-8-3-2-4-9-10(8)13(7)12-6-11-9/h5-6H,2-4H2,1H3. The Labute approximate surface area is 76.4 Å². The minimum absolute atomic E-state index is 1.10.